The third-order valence-electron chi connectivity index (χ3n) is 3.53. The topological polar surface area (TPSA) is 58.1 Å². The zero-order chi connectivity index (χ0) is 15.8. The van der Waals surface area contributed by atoms with E-state index < -0.39 is 0 Å². The molecule has 1 fully saturated rings. The summed E-state index contributed by atoms with van der Waals surface area (Å²) in [7, 11) is 0. The Bertz CT molecular complexity index is 494. The fourth-order valence-corrected chi connectivity index (χ4v) is 3.23. The van der Waals surface area contributed by atoms with Crippen molar-refractivity contribution >= 4 is 35.1 Å². The monoisotopic (exact) mass is 342 g/mol. The van der Waals surface area contributed by atoms with E-state index in [1.54, 1.807) is 6.07 Å². The van der Waals surface area contributed by atoms with Crippen molar-refractivity contribution in [2.45, 2.75) is 44.2 Å². The molecule has 2 rings (SSSR count). The second-order valence-electron chi connectivity index (χ2n) is 5.37. The predicted molar refractivity (Wildman–Crippen MR) is 91.7 cm³/mol. The molecule has 0 atom stereocenters. The molecule has 1 aromatic rings. The van der Waals surface area contributed by atoms with Gasteiger partial charge in [0, 0.05) is 25.7 Å². The van der Waals surface area contributed by atoms with Crippen LogP contribution in [0, 0.1) is 0 Å². The number of carbonyl (C=O) groups excluding carboxylic acids is 1. The van der Waals surface area contributed by atoms with Gasteiger partial charge in [0.2, 0.25) is 5.91 Å². The van der Waals surface area contributed by atoms with E-state index in [0.717, 1.165) is 38.3 Å². The standard InChI is InChI=1S/C15H23ClN4OS/c1-2-3-7-17-14(21)11-22-15-18-12(16)10-13(19-15)20-8-5-4-6-9-20/h10H,2-9,11H2,1H3,(H,17,21). The van der Waals surface area contributed by atoms with E-state index in [9.17, 15) is 4.79 Å². The summed E-state index contributed by atoms with van der Waals surface area (Å²) in [6.07, 6.45) is 5.72. The van der Waals surface area contributed by atoms with E-state index in [2.05, 4.69) is 27.1 Å². The molecule has 7 heteroatoms. The summed E-state index contributed by atoms with van der Waals surface area (Å²) < 4.78 is 0. The fraction of sp³-hybridized carbons (Fsp3) is 0.667. The zero-order valence-electron chi connectivity index (χ0n) is 13.0. The molecule has 1 saturated heterocycles. The third-order valence-corrected chi connectivity index (χ3v) is 4.57. The van der Waals surface area contributed by atoms with Crippen LogP contribution in [-0.2, 0) is 4.79 Å². The number of halogens is 1. The number of unbranched alkanes of at least 4 members (excludes halogenated alkanes) is 1. The van der Waals surface area contributed by atoms with Gasteiger partial charge in [0.15, 0.2) is 5.16 Å². The van der Waals surface area contributed by atoms with E-state index in [4.69, 9.17) is 11.6 Å². The largest absolute Gasteiger partial charge is 0.356 e. The van der Waals surface area contributed by atoms with Crippen LogP contribution in [0.2, 0.25) is 5.15 Å². The van der Waals surface area contributed by atoms with E-state index in [0.29, 0.717) is 16.1 Å². The third kappa shape index (κ3) is 5.65. The molecule has 1 amide bonds. The second kappa shape index (κ2) is 9.20. The number of nitrogens with one attached hydrogen (secondary N) is 1. The molecular formula is C15H23ClN4OS. The molecule has 0 saturated carbocycles. The van der Waals surface area contributed by atoms with Crippen molar-refractivity contribution < 1.29 is 4.79 Å². The molecule has 0 aliphatic carbocycles. The van der Waals surface area contributed by atoms with Gasteiger partial charge in [-0.15, -0.1) is 0 Å². The van der Waals surface area contributed by atoms with Crippen LogP contribution in [0.25, 0.3) is 0 Å². The maximum absolute atomic E-state index is 11.7. The average molecular weight is 343 g/mol. The molecule has 0 unspecified atom stereocenters. The van der Waals surface area contributed by atoms with E-state index in [1.807, 2.05) is 0 Å². The Labute approximate surface area is 141 Å². The van der Waals surface area contributed by atoms with Crippen molar-refractivity contribution in [3.8, 4) is 0 Å². The van der Waals surface area contributed by atoms with E-state index in [-0.39, 0.29) is 5.91 Å². The van der Waals surface area contributed by atoms with Crippen LogP contribution in [0.15, 0.2) is 11.2 Å². The molecule has 5 nitrogen and oxygen atoms in total. The van der Waals surface area contributed by atoms with Gasteiger partial charge in [0.25, 0.3) is 0 Å². The number of anilines is 1. The molecule has 0 spiro atoms. The van der Waals surface area contributed by atoms with Crippen LogP contribution in [0.1, 0.15) is 39.0 Å². The van der Waals surface area contributed by atoms with Gasteiger partial charge in [0.1, 0.15) is 11.0 Å². The minimum Gasteiger partial charge on any atom is -0.356 e. The summed E-state index contributed by atoms with van der Waals surface area (Å²) >= 11 is 7.43. The van der Waals surface area contributed by atoms with Crippen LogP contribution in [-0.4, -0.2) is 41.3 Å². The highest BCUT2D eigenvalue weighted by molar-refractivity contribution is 7.99. The van der Waals surface area contributed by atoms with Crippen molar-refractivity contribution in [2.75, 3.05) is 30.3 Å². The first-order chi connectivity index (χ1) is 10.7. The van der Waals surface area contributed by atoms with Gasteiger partial charge in [-0.1, -0.05) is 36.7 Å². The first-order valence-electron chi connectivity index (χ1n) is 7.88. The summed E-state index contributed by atoms with van der Waals surface area (Å²) in [4.78, 5) is 22.7. The number of amides is 1. The van der Waals surface area contributed by atoms with Gasteiger partial charge < -0.3 is 10.2 Å². The Kier molecular flexibility index (Phi) is 7.25. The highest BCUT2D eigenvalue weighted by Crippen LogP contribution is 2.24. The number of piperidine rings is 1. The lowest BCUT2D eigenvalue weighted by Crippen LogP contribution is -2.30. The second-order valence-corrected chi connectivity index (χ2v) is 6.70. The first kappa shape index (κ1) is 17.3. The van der Waals surface area contributed by atoms with Gasteiger partial charge in [-0.2, -0.15) is 0 Å². The Morgan fingerprint density at radius 2 is 2.14 bits per heavy atom. The summed E-state index contributed by atoms with van der Waals surface area (Å²) in [6, 6.07) is 1.80. The lowest BCUT2D eigenvalue weighted by Gasteiger charge is -2.27. The van der Waals surface area contributed by atoms with Crippen LogP contribution in [0.4, 0.5) is 5.82 Å². The molecule has 1 N–H and O–H groups in total. The Morgan fingerprint density at radius 1 is 1.36 bits per heavy atom. The number of hydrogen-bond donors (Lipinski definition) is 1. The highest BCUT2D eigenvalue weighted by atomic mass is 35.5. The van der Waals surface area contributed by atoms with E-state index in [1.165, 1.54) is 31.0 Å². The van der Waals surface area contributed by atoms with Gasteiger partial charge in [-0.25, -0.2) is 9.97 Å². The number of rotatable bonds is 7. The number of carbonyl (C=O) groups is 1. The number of nitrogens with zero attached hydrogens (tertiary/aromatic N) is 3. The molecule has 1 aliphatic rings. The summed E-state index contributed by atoms with van der Waals surface area (Å²) in [5.41, 5.74) is 0. The summed E-state index contributed by atoms with van der Waals surface area (Å²) in [5.74, 6) is 1.21. The Hall–Kier alpha value is -1.01. The quantitative estimate of drug-likeness (QED) is 0.357. The lowest BCUT2D eigenvalue weighted by molar-refractivity contribution is -0.118. The average Bonchev–Trinajstić information content (AvgIpc) is 2.53. The van der Waals surface area contributed by atoms with Crippen LogP contribution in [0.5, 0.6) is 0 Å². The van der Waals surface area contributed by atoms with Crippen molar-refractivity contribution in [1.29, 1.82) is 0 Å². The fourth-order valence-electron chi connectivity index (χ4n) is 2.32. The minimum atomic E-state index is 0.0153. The molecule has 0 bridgehead atoms. The van der Waals surface area contributed by atoms with Gasteiger partial charge in [0.05, 0.1) is 5.75 Å². The molecule has 0 aromatic carbocycles. The zero-order valence-corrected chi connectivity index (χ0v) is 14.5. The van der Waals surface area contributed by atoms with Crippen molar-refractivity contribution in [3.63, 3.8) is 0 Å². The lowest BCUT2D eigenvalue weighted by atomic mass is 10.1. The molecule has 2 heterocycles. The number of hydrogen-bond acceptors (Lipinski definition) is 5. The molecule has 1 aliphatic heterocycles. The maximum Gasteiger partial charge on any atom is 0.230 e. The van der Waals surface area contributed by atoms with Crippen molar-refractivity contribution in [1.82, 2.24) is 15.3 Å². The molecule has 122 valence electrons. The minimum absolute atomic E-state index is 0.0153. The van der Waals surface area contributed by atoms with Gasteiger partial charge >= 0.3 is 0 Å². The first-order valence-corrected chi connectivity index (χ1v) is 9.24. The van der Waals surface area contributed by atoms with Crippen molar-refractivity contribution in [3.05, 3.63) is 11.2 Å². The van der Waals surface area contributed by atoms with Crippen LogP contribution < -0.4 is 10.2 Å². The Morgan fingerprint density at radius 3 is 2.86 bits per heavy atom. The summed E-state index contributed by atoms with van der Waals surface area (Å²) in [6.45, 7) is 4.85. The SMILES string of the molecule is CCCCNC(=O)CSc1nc(Cl)cc(N2CCCCC2)n1. The highest BCUT2D eigenvalue weighted by Gasteiger charge is 2.15. The van der Waals surface area contributed by atoms with Gasteiger partial charge in [-0.05, 0) is 25.7 Å². The normalized spacial score (nSPS) is 14.9. The van der Waals surface area contributed by atoms with Crippen molar-refractivity contribution in [2.24, 2.45) is 0 Å². The molecule has 0 radical (unpaired) electrons. The smallest absolute Gasteiger partial charge is 0.230 e. The Balaban J connectivity index is 1.90. The van der Waals surface area contributed by atoms with Crippen LogP contribution in [0.3, 0.4) is 0 Å². The molecular weight excluding hydrogens is 320 g/mol. The van der Waals surface area contributed by atoms with E-state index >= 15 is 0 Å². The summed E-state index contributed by atoms with van der Waals surface area (Å²) in [5, 5.41) is 3.89. The van der Waals surface area contributed by atoms with Gasteiger partial charge in [-0.3, -0.25) is 4.79 Å². The number of thioether (sulfide) groups is 1. The number of aromatic nitrogens is 2. The predicted octanol–water partition coefficient (Wildman–Crippen LogP) is 3.13. The maximum atomic E-state index is 11.7. The molecule has 1 aromatic heterocycles. The molecule has 22 heavy (non-hydrogen) atoms. The van der Waals surface area contributed by atoms with Crippen LogP contribution >= 0.6 is 23.4 Å².